The summed E-state index contributed by atoms with van der Waals surface area (Å²) in [6.07, 6.45) is -11.1. The maximum atomic E-state index is 13.1. The van der Waals surface area contributed by atoms with Crippen LogP contribution in [0.25, 0.3) is 0 Å². The molecule has 0 bridgehead atoms. The zero-order chi connectivity index (χ0) is 14.5. The smallest absolute Gasteiger partial charge is 0.203 e. The van der Waals surface area contributed by atoms with E-state index in [-0.39, 0.29) is 0 Å². The van der Waals surface area contributed by atoms with Crippen molar-refractivity contribution in [3.63, 3.8) is 0 Å². The van der Waals surface area contributed by atoms with Gasteiger partial charge >= 0.3 is 12.4 Å². The molecule has 0 unspecified atom stereocenters. The lowest BCUT2D eigenvalue weighted by atomic mass is 9.95. The molecule has 0 aliphatic heterocycles. The highest BCUT2D eigenvalue weighted by atomic mass is 19.4. The molecular weight excluding hydrogens is 272 g/mol. The molecule has 0 saturated heterocycles. The Bertz CT molecular complexity index is 435. The first-order valence-electron chi connectivity index (χ1n) is 4.51. The van der Waals surface area contributed by atoms with E-state index in [4.69, 9.17) is 0 Å². The van der Waals surface area contributed by atoms with Crippen LogP contribution in [0.3, 0.4) is 0 Å². The summed E-state index contributed by atoms with van der Waals surface area (Å²) < 4.78 is 101. The summed E-state index contributed by atoms with van der Waals surface area (Å²) in [4.78, 5) is 0. The van der Waals surface area contributed by atoms with Gasteiger partial charge in [0.05, 0.1) is 5.56 Å². The Hall–Kier alpha value is -1.34. The average molecular weight is 278 g/mol. The Morgan fingerprint density at radius 2 is 1.00 bits per heavy atom. The predicted octanol–water partition coefficient (Wildman–Crippen LogP) is 4.62. The minimum absolute atomic E-state index is 0.663. The van der Waals surface area contributed by atoms with Crippen LogP contribution >= 0.6 is 0 Å². The molecule has 0 heterocycles. The van der Waals surface area contributed by atoms with Crippen molar-refractivity contribution in [3.8, 4) is 0 Å². The number of hydrogen-bond acceptors (Lipinski definition) is 0. The molecule has 0 saturated carbocycles. The van der Waals surface area contributed by atoms with Crippen molar-refractivity contribution in [3.05, 3.63) is 33.9 Å². The normalized spacial score (nSPS) is 13.0. The first-order valence-corrected chi connectivity index (χ1v) is 4.51. The van der Waals surface area contributed by atoms with Crippen molar-refractivity contribution in [1.29, 1.82) is 0 Å². The second-order valence-corrected chi connectivity index (χ2v) is 3.62. The van der Waals surface area contributed by atoms with Crippen LogP contribution in [0, 0.1) is 25.5 Å². The van der Waals surface area contributed by atoms with Gasteiger partial charge in [-0.05, 0) is 25.0 Å². The zero-order valence-electron chi connectivity index (χ0n) is 9.02. The number of rotatable bonds is 0. The van der Waals surface area contributed by atoms with Gasteiger partial charge in [-0.3, -0.25) is 0 Å². The highest BCUT2D eigenvalue weighted by Gasteiger charge is 2.48. The Morgan fingerprint density at radius 3 is 1.33 bits per heavy atom. The third-order valence-electron chi connectivity index (χ3n) is 2.50. The van der Waals surface area contributed by atoms with Gasteiger partial charge in [-0.25, -0.2) is 8.78 Å². The Balaban J connectivity index is 3.89. The molecule has 0 atom stereocenters. The molecule has 0 aliphatic carbocycles. The van der Waals surface area contributed by atoms with Crippen LogP contribution in [-0.4, -0.2) is 0 Å². The molecule has 102 valence electrons. The van der Waals surface area contributed by atoms with Gasteiger partial charge in [0.1, 0.15) is 5.56 Å². The van der Waals surface area contributed by atoms with Gasteiger partial charge in [0.15, 0.2) is 11.6 Å². The summed E-state index contributed by atoms with van der Waals surface area (Å²) in [5, 5.41) is 0. The Kier molecular flexibility index (Phi) is 3.35. The van der Waals surface area contributed by atoms with Crippen LogP contribution in [0.2, 0.25) is 0 Å². The van der Waals surface area contributed by atoms with Crippen LogP contribution < -0.4 is 0 Å². The van der Waals surface area contributed by atoms with Gasteiger partial charge in [0, 0.05) is 0 Å². The third kappa shape index (κ3) is 2.28. The van der Waals surface area contributed by atoms with Gasteiger partial charge in [0.2, 0.25) is 0 Å². The predicted molar refractivity (Wildman–Crippen MR) is 45.8 cm³/mol. The summed E-state index contributed by atoms with van der Waals surface area (Å²) >= 11 is 0. The molecule has 0 N–H and O–H groups in total. The lowest BCUT2D eigenvalue weighted by Crippen LogP contribution is -2.22. The van der Waals surface area contributed by atoms with Crippen molar-refractivity contribution in [2.45, 2.75) is 26.2 Å². The molecule has 0 fully saturated rings. The average Bonchev–Trinajstić information content (AvgIpc) is 2.16. The highest BCUT2D eigenvalue weighted by molar-refractivity contribution is 5.45. The lowest BCUT2D eigenvalue weighted by molar-refractivity contribution is -0.164. The van der Waals surface area contributed by atoms with Crippen LogP contribution in [0.15, 0.2) is 0 Å². The van der Waals surface area contributed by atoms with Crippen molar-refractivity contribution in [2.75, 3.05) is 0 Å². The van der Waals surface area contributed by atoms with E-state index in [1.807, 2.05) is 0 Å². The van der Waals surface area contributed by atoms with Gasteiger partial charge in [0.25, 0.3) is 0 Å². The fraction of sp³-hybridized carbons (Fsp3) is 0.400. The van der Waals surface area contributed by atoms with E-state index >= 15 is 0 Å². The summed E-state index contributed by atoms with van der Waals surface area (Å²) in [5.74, 6) is -4.45. The summed E-state index contributed by atoms with van der Waals surface area (Å²) in [6, 6.07) is 0. The minimum atomic E-state index is -5.63. The van der Waals surface area contributed by atoms with Crippen molar-refractivity contribution < 1.29 is 35.1 Å². The van der Waals surface area contributed by atoms with E-state index in [1.165, 1.54) is 0 Å². The molecule has 1 aromatic rings. The number of hydrogen-bond donors (Lipinski definition) is 0. The third-order valence-corrected chi connectivity index (χ3v) is 2.50. The van der Waals surface area contributed by atoms with E-state index in [1.54, 1.807) is 0 Å². The quantitative estimate of drug-likeness (QED) is 0.607. The molecule has 1 rings (SSSR count). The van der Waals surface area contributed by atoms with Gasteiger partial charge in [-0.2, -0.15) is 26.3 Å². The number of benzene rings is 1. The topological polar surface area (TPSA) is 0 Å². The molecule has 0 radical (unpaired) electrons. The maximum absolute atomic E-state index is 13.1. The van der Waals surface area contributed by atoms with E-state index in [9.17, 15) is 35.1 Å². The fourth-order valence-corrected chi connectivity index (χ4v) is 1.54. The molecule has 0 spiro atoms. The molecule has 0 amide bonds. The molecule has 8 heteroatoms. The van der Waals surface area contributed by atoms with Crippen LogP contribution in [-0.2, 0) is 12.4 Å². The van der Waals surface area contributed by atoms with Crippen LogP contribution in [0.5, 0.6) is 0 Å². The summed E-state index contributed by atoms with van der Waals surface area (Å²) in [6.45, 7) is 1.44. The Labute approximate surface area is 96.2 Å². The van der Waals surface area contributed by atoms with Crippen molar-refractivity contribution >= 4 is 0 Å². The first kappa shape index (κ1) is 14.7. The minimum Gasteiger partial charge on any atom is -0.203 e. The van der Waals surface area contributed by atoms with Crippen molar-refractivity contribution in [2.24, 2.45) is 0 Å². The molecule has 18 heavy (non-hydrogen) atoms. The van der Waals surface area contributed by atoms with Crippen molar-refractivity contribution in [1.82, 2.24) is 0 Å². The lowest BCUT2D eigenvalue weighted by Gasteiger charge is -2.20. The number of halogens is 8. The van der Waals surface area contributed by atoms with E-state index in [0.717, 1.165) is 6.92 Å². The largest absolute Gasteiger partial charge is 0.419 e. The van der Waals surface area contributed by atoms with Crippen LogP contribution in [0.1, 0.15) is 22.3 Å². The monoisotopic (exact) mass is 278 g/mol. The zero-order valence-corrected chi connectivity index (χ0v) is 9.02. The molecular formula is C10H6F8. The molecule has 0 nitrogen and oxygen atoms in total. The molecule has 1 aromatic carbocycles. The van der Waals surface area contributed by atoms with E-state index in [2.05, 4.69) is 0 Å². The molecule has 0 aromatic heterocycles. The van der Waals surface area contributed by atoms with Gasteiger partial charge in [-0.1, -0.05) is 0 Å². The highest BCUT2D eigenvalue weighted by Crippen LogP contribution is 2.44. The summed E-state index contributed by atoms with van der Waals surface area (Å²) in [5.41, 5.74) is -6.58. The fourth-order valence-electron chi connectivity index (χ4n) is 1.54. The van der Waals surface area contributed by atoms with Gasteiger partial charge < -0.3 is 0 Å². The maximum Gasteiger partial charge on any atom is 0.419 e. The van der Waals surface area contributed by atoms with Gasteiger partial charge in [-0.15, -0.1) is 0 Å². The number of alkyl halides is 6. The molecule has 0 aliphatic rings. The van der Waals surface area contributed by atoms with E-state index in [0.29, 0.717) is 6.92 Å². The SMILES string of the molecule is Cc1c(C)c(C(F)(F)F)c(C(F)(F)F)c(F)c1F. The van der Waals surface area contributed by atoms with E-state index < -0.39 is 46.2 Å². The Morgan fingerprint density at radius 1 is 0.611 bits per heavy atom. The standard InChI is InChI=1S/C10H6F8/c1-3-4(2)7(11)8(12)6(10(16,17)18)5(3)9(13,14)15/h1-2H3. The summed E-state index contributed by atoms with van der Waals surface area (Å²) in [7, 11) is 0. The second-order valence-electron chi connectivity index (χ2n) is 3.62. The van der Waals surface area contributed by atoms with Crippen LogP contribution in [0.4, 0.5) is 35.1 Å². The first-order chi connectivity index (χ1) is 7.89. The second kappa shape index (κ2) is 4.10.